The summed E-state index contributed by atoms with van der Waals surface area (Å²) in [5.41, 5.74) is -0.863. The summed E-state index contributed by atoms with van der Waals surface area (Å²) < 4.78 is 42.3. The first kappa shape index (κ1) is 20.7. The minimum absolute atomic E-state index is 0.169. The predicted molar refractivity (Wildman–Crippen MR) is 109 cm³/mol. The van der Waals surface area contributed by atoms with E-state index in [1.807, 2.05) is 0 Å². The fraction of sp³-hybridized carbons (Fsp3) is 0.381. The molecule has 1 aliphatic carbocycles. The highest BCUT2D eigenvalue weighted by molar-refractivity contribution is 7.18. The number of alkyl halides is 1. The molecule has 1 aromatic carbocycles. The molecule has 30 heavy (non-hydrogen) atoms. The first-order valence-electron chi connectivity index (χ1n) is 9.53. The van der Waals surface area contributed by atoms with Crippen LogP contribution in [-0.2, 0) is 11.0 Å². The van der Waals surface area contributed by atoms with E-state index in [0.29, 0.717) is 15.7 Å². The zero-order valence-corrected chi connectivity index (χ0v) is 17.3. The number of nitrogens with one attached hydrogen (secondary N) is 1. The maximum atomic E-state index is 14.3. The van der Waals surface area contributed by atoms with Crippen molar-refractivity contribution in [2.75, 3.05) is 11.9 Å². The highest BCUT2D eigenvalue weighted by Gasteiger charge is 2.48. The minimum atomic E-state index is -1.12. The quantitative estimate of drug-likeness (QED) is 0.594. The van der Waals surface area contributed by atoms with Crippen molar-refractivity contribution in [1.82, 2.24) is 15.2 Å². The molecule has 3 aromatic rings. The van der Waals surface area contributed by atoms with Gasteiger partial charge in [0.2, 0.25) is 5.13 Å². The van der Waals surface area contributed by atoms with Crippen molar-refractivity contribution in [2.45, 2.75) is 43.9 Å². The Bertz CT molecular complexity index is 1060. The van der Waals surface area contributed by atoms with Gasteiger partial charge in [-0.15, -0.1) is 10.2 Å². The molecule has 9 heteroatoms. The molecule has 1 fully saturated rings. The van der Waals surface area contributed by atoms with Gasteiger partial charge in [-0.2, -0.15) is 0 Å². The third kappa shape index (κ3) is 3.91. The number of halogens is 3. The van der Waals surface area contributed by atoms with Crippen molar-refractivity contribution in [3.05, 3.63) is 59.4 Å². The predicted octanol–water partition coefficient (Wildman–Crippen LogP) is 4.59. The molecule has 0 aliphatic heterocycles. The Kier molecular flexibility index (Phi) is 5.27. The number of nitrogens with zero attached hydrogens (tertiary/aromatic N) is 3. The van der Waals surface area contributed by atoms with Crippen LogP contribution in [0.3, 0.4) is 0 Å². The van der Waals surface area contributed by atoms with Crippen LogP contribution in [0, 0.1) is 11.6 Å². The lowest BCUT2D eigenvalue weighted by Crippen LogP contribution is -2.48. The summed E-state index contributed by atoms with van der Waals surface area (Å²) in [7, 11) is 0. The molecule has 1 aliphatic rings. The Balaban J connectivity index is 1.55. The Labute approximate surface area is 176 Å². The van der Waals surface area contributed by atoms with Gasteiger partial charge in [0, 0.05) is 23.7 Å². The van der Waals surface area contributed by atoms with Gasteiger partial charge >= 0.3 is 0 Å². The van der Waals surface area contributed by atoms with Gasteiger partial charge in [-0.1, -0.05) is 17.4 Å². The number of hydrogen-bond acceptors (Lipinski definition) is 6. The molecule has 0 unspecified atom stereocenters. The Morgan fingerprint density at radius 1 is 1.20 bits per heavy atom. The summed E-state index contributed by atoms with van der Waals surface area (Å²) in [6.45, 7) is 3.47. The van der Waals surface area contributed by atoms with E-state index in [0.717, 1.165) is 11.3 Å². The Morgan fingerprint density at radius 3 is 2.63 bits per heavy atom. The Morgan fingerprint density at radius 2 is 1.97 bits per heavy atom. The SMILES string of the molecule is CC(C)(O)c1ccc(F)c(-c2nnc(NCC3(c4ncccc4F)CC(F)C3)s2)c1. The van der Waals surface area contributed by atoms with Gasteiger partial charge in [0.05, 0.1) is 11.3 Å². The van der Waals surface area contributed by atoms with Crippen LogP contribution in [0.15, 0.2) is 36.5 Å². The van der Waals surface area contributed by atoms with Crippen molar-refractivity contribution >= 4 is 16.5 Å². The van der Waals surface area contributed by atoms with Gasteiger partial charge in [-0.3, -0.25) is 4.98 Å². The van der Waals surface area contributed by atoms with E-state index in [9.17, 15) is 18.3 Å². The summed E-state index contributed by atoms with van der Waals surface area (Å²) in [4.78, 5) is 4.13. The van der Waals surface area contributed by atoms with Gasteiger partial charge < -0.3 is 10.4 Å². The lowest BCUT2D eigenvalue weighted by atomic mass is 9.65. The summed E-state index contributed by atoms with van der Waals surface area (Å²) in [6.07, 6.45) is 0.827. The van der Waals surface area contributed by atoms with Crippen molar-refractivity contribution in [2.24, 2.45) is 0 Å². The summed E-state index contributed by atoms with van der Waals surface area (Å²) in [6, 6.07) is 7.17. The average molecular weight is 434 g/mol. The van der Waals surface area contributed by atoms with Crippen LogP contribution in [0.1, 0.15) is 37.9 Å². The monoisotopic (exact) mass is 434 g/mol. The molecule has 2 heterocycles. The number of pyridine rings is 1. The van der Waals surface area contributed by atoms with Crippen LogP contribution in [0.2, 0.25) is 0 Å². The van der Waals surface area contributed by atoms with Crippen molar-refractivity contribution in [3.8, 4) is 10.6 Å². The number of anilines is 1. The van der Waals surface area contributed by atoms with Crippen LogP contribution in [0.25, 0.3) is 10.6 Å². The molecule has 0 radical (unpaired) electrons. The van der Waals surface area contributed by atoms with E-state index in [2.05, 4.69) is 20.5 Å². The number of aliphatic hydroxyl groups is 1. The van der Waals surface area contributed by atoms with Gasteiger partial charge in [0.15, 0.2) is 5.01 Å². The van der Waals surface area contributed by atoms with E-state index < -0.39 is 28.8 Å². The van der Waals surface area contributed by atoms with Crippen molar-refractivity contribution < 1.29 is 18.3 Å². The van der Waals surface area contributed by atoms with Crippen LogP contribution >= 0.6 is 11.3 Å². The first-order valence-corrected chi connectivity index (χ1v) is 10.3. The lowest BCUT2D eigenvalue weighted by molar-refractivity contribution is 0.0786. The summed E-state index contributed by atoms with van der Waals surface area (Å²) in [5, 5.41) is 22.1. The van der Waals surface area contributed by atoms with Crippen molar-refractivity contribution in [3.63, 3.8) is 0 Å². The van der Waals surface area contributed by atoms with E-state index in [4.69, 9.17) is 0 Å². The van der Waals surface area contributed by atoms with E-state index >= 15 is 0 Å². The standard InChI is InChI=1S/C21H21F3N4OS/c1-20(2,29)12-5-6-15(23)14(8-12)18-27-28-19(30-18)26-11-21(9-13(22)10-21)17-16(24)4-3-7-25-17/h3-8,13,29H,9-11H2,1-2H3,(H,26,28). The number of rotatable bonds is 6. The molecule has 5 nitrogen and oxygen atoms in total. The highest BCUT2D eigenvalue weighted by atomic mass is 32.1. The molecule has 1 saturated carbocycles. The van der Waals surface area contributed by atoms with Crippen LogP contribution < -0.4 is 5.32 Å². The smallest absolute Gasteiger partial charge is 0.206 e. The Hall–Kier alpha value is -2.52. The second-order valence-electron chi connectivity index (χ2n) is 8.14. The lowest BCUT2D eigenvalue weighted by Gasteiger charge is -2.43. The summed E-state index contributed by atoms with van der Waals surface area (Å²) >= 11 is 1.13. The topological polar surface area (TPSA) is 70.9 Å². The normalized spacial score (nSPS) is 21.3. The van der Waals surface area contributed by atoms with Crippen LogP contribution in [-0.4, -0.2) is 33.0 Å². The third-order valence-corrected chi connectivity index (χ3v) is 6.31. The zero-order valence-electron chi connectivity index (χ0n) is 16.5. The number of benzene rings is 1. The van der Waals surface area contributed by atoms with Crippen LogP contribution in [0.5, 0.6) is 0 Å². The zero-order chi connectivity index (χ0) is 21.5. The fourth-order valence-electron chi connectivity index (χ4n) is 3.70. The highest BCUT2D eigenvalue weighted by Crippen LogP contribution is 2.46. The minimum Gasteiger partial charge on any atom is -0.386 e. The fourth-order valence-corrected chi connectivity index (χ4v) is 4.46. The van der Waals surface area contributed by atoms with Gasteiger partial charge in [0.25, 0.3) is 0 Å². The molecule has 0 bridgehead atoms. The molecule has 2 aromatic heterocycles. The molecule has 4 rings (SSSR count). The van der Waals surface area contributed by atoms with E-state index in [1.165, 1.54) is 30.5 Å². The molecule has 158 valence electrons. The second-order valence-corrected chi connectivity index (χ2v) is 9.12. The molecule has 0 atom stereocenters. The van der Waals surface area contributed by atoms with Gasteiger partial charge in [-0.25, -0.2) is 13.2 Å². The maximum absolute atomic E-state index is 14.3. The second kappa shape index (κ2) is 7.63. The number of aromatic nitrogens is 3. The average Bonchev–Trinajstić information content (AvgIpc) is 3.13. The number of hydrogen-bond donors (Lipinski definition) is 2. The van der Waals surface area contributed by atoms with E-state index in [1.54, 1.807) is 19.9 Å². The summed E-state index contributed by atoms with van der Waals surface area (Å²) in [5.74, 6) is -0.938. The molecular formula is C21H21F3N4OS. The molecule has 0 saturated heterocycles. The van der Waals surface area contributed by atoms with Crippen molar-refractivity contribution in [1.29, 1.82) is 0 Å². The maximum Gasteiger partial charge on any atom is 0.206 e. The van der Waals surface area contributed by atoms with Gasteiger partial charge in [-0.05, 0) is 56.5 Å². The van der Waals surface area contributed by atoms with Crippen LogP contribution in [0.4, 0.5) is 18.3 Å². The van der Waals surface area contributed by atoms with E-state index in [-0.39, 0.29) is 30.6 Å². The van der Waals surface area contributed by atoms with Gasteiger partial charge in [0.1, 0.15) is 17.8 Å². The molecule has 0 amide bonds. The molecule has 0 spiro atoms. The first-order chi connectivity index (χ1) is 14.2. The molecule has 2 N–H and O–H groups in total. The third-order valence-electron chi connectivity index (χ3n) is 5.39. The largest absolute Gasteiger partial charge is 0.386 e. The molecular weight excluding hydrogens is 413 g/mol.